The predicted molar refractivity (Wildman–Crippen MR) is 118 cm³/mol. The number of pyridine rings is 3. The Bertz CT molecular complexity index is 1390. The summed E-state index contributed by atoms with van der Waals surface area (Å²) in [6.07, 6.45) is -1.75. The van der Waals surface area contributed by atoms with E-state index in [9.17, 15) is 22.4 Å². The van der Waals surface area contributed by atoms with Crippen LogP contribution in [0.5, 0.6) is 0 Å². The number of alkyl halides is 3. The minimum atomic E-state index is -4.71. The molecule has 0 saturated heterocycles. The first-order valence-corrected chi connectivity index (χ1v) is 10.2. The lowest BCUT2D eigenvalue weighted by molar-refractivity contribution is -0.141. The number of fused-ring (bicyclic) bond motifs is 1. The van der Waals surface area contributed by atoms with Gasteiger partial charge in [0.15, 0.2) is 5.69 Å². The minimum Gasteiger partial charge on any atom is -0.384 e. The maximum absolute atomic E-state index is 13.5. The first-order valence-electron chi connectivity index (χ1n) is 10.2. The third-order valence-electron chi connectivity index (χ3n) is 5.24. The number of carbonyl (C=O) groups is 1. The summed E-state index contributed by atoms with van der Waals surface area (Å²) >= 11 is 0. The van der Waals surface area contributed by atoms with Crippen LogP contribution in [-0.4, -0.2) is 20.9 Å². The molecule has 0 saturated carbocycles. The molecule has 0 unspecified atom stereocenters. The van der Waals surface area contributed by atoms with Crippen LogP contribution in [0.2, 0.25) is 0 Å². The number of nitrogen functional groups attached to an aromatic ring is 1. The van der Waals surface area contributed by atoms with Crippen molar-refractivity contribution in [2.45, 2.75) is 26.1 Å². The van der Waals surface area contributed by atoms with Crippen molar-refractivity contribution in [3.8, 4) is 0 Å². The molecule has 1 aromatic carbocycles. The number of aryl methyl sites for hydroxylation is 1. The second-order valence-corrected chi connectivity index (χ2v) is 7.76. The van der Waals surface area contributed by atoms with Crippen LogP contribution in [0.4, 0.5) is 23.4 Å². The topological polar surface area (TPSA) is 93.8 Å². The van der Waals surface area contributed by atoms with E-state index in [4.69, 9.17) is 5.73 Å². The zero-order chi connectivity index (χ0) is 24.5. The Morgan fingerprint density at radius 2 is 1.88 bits per heavy atom. The van der Waals surface area contributed by atoms with Crippen molar-refractivity contribution in [3.05, 3.63) is 94.3 Å². The van der Waals surface area contributed by atoms with Gasteiger partial charge in [0, 0.05) is 41.4 Å². The fourth-order valence-corrected chi connectivity index (χ4v) is 3.64. The smallest absolute Gasteiger partial charge is 0.384 e. The Morgan fingerprint density at radius 1 is 1.09 bits per heavy atom. The second-order valence-electron chi connectivity index (χ2n) is 7.76. The van der Waals surface area contributed by atoms with Crippen molar-refractivity contribution < 1.29 is 22.4 Å². The van der Waals surface area contributed by atoms with Crippen LogP contribution in [0.1, 0.15) is 38.4 Å². The predicted octanol–water partition coefficient (Wildman–Crippen LogP) is 4.59. The SMILES string of the molecule is Cc1cc(N)nc(C(F)(F)F)c1CNC(=O)c1ccnc(Cc2ccc3ncc(F)cc3c2)c1. The van der Waals surface area contributed by atoms with E-state index in [-0.39, 0.29) is 29.1 Å². The molecule has 0 radical (unpaired) electrons. The molecular weight excluding hydrogens is 450 g/mol. The molecule has 3 aromatic heterocycles. The zero-order valence-corrected chi connectivity index (χ0v) is 17.9. The van der Waals surface area contributed by atoms with Crippen LogP contribution in [-0.2, 0) is 19.1 Å². The summed E-state index contributed by atoms with van der Waals surface area (Å²) in [7, 11) is 0. The molecule has 3 N–H and O–H groups in total. The average Bonchev–Trinajstić information content (AvgIpc) is 2.77. The van der Waals surface area contributed by atoms with Crippen LogP contribution in [0.15, 0.2) is 54.9 Å². The summed E-state index contributed by atoms with van der Waals surface area (Å²) in [6, 6.07) is 11.1. The maximum atomic E-state index is 13.5. The lowest BCUT2D eigenvalue weighted by Crippen LogP contribution is -2.26. The third-order valence-corrected chi connectivity index (χ3v) is 5.24. The Labute approximate surface area is 191 Å². The number of hydrogen-bond donors (Lipinski definition) is 2. The third kappa shape index (κ3) is 5.11. The molecule has 0 aliphatic rings. The first-order chi connectivity index (χ1) is 16.1. The standard InChI is InChI=1S/C24H19F4N5O/c1-13-6-21(29)33-22(24(26,27)28)19(13)12-32-23(34)15-4-5-30-18(10-15)8-14-2-3-20-16(7-14)9-17(25)11-31-20/h2-7,9-11H,8,12H2,1H3,(H2,29,33)(H,32,34). The van der Waals surface area contributed by atoms with Gasteiger partial charge < -0.3 is 11.1 Å². The Balaban J connectivity index is 1.51. The van der Waals surface area contributed by atoms with E-state index in [1.165, 1.54) is 31.3 Å². The van der Waals surface area contributed by atoms with Crippen LogP contribution < -0.4 is 11.1 Å². The number of anilines is 1. The summed E-state index contributed by atoms with van der Waals surface area (Å²) in [5.74, 6) is -1.25. The highest BCUT2D eigenvalue weighted by molar-refractivity contribution is 5.94. The molecule has 0 bridgehead atoms. The summed E-state index contributed by atoms with van der Waals surface area (Å²) in [5.41, 5.74) is 6.76. The van der Waals surface area contributed by atoms with Crippen molar-refractivity contribution in [3.63, 3.8) is 0 Å². The van der Waals surface area contributed by atoms with Gasteiger partial charge in [-0.1, -0.05) is 6.07 Å². The van der Waals surface area contributed by atoms with Gasteiger partial charge in [-0.25, -0.2) is 9.37 Å². The Morgan fingerprint density at radius 3 is 2.65 bits per heavy atom. The first kappa shape index (κ1) is 23.1. The fourth-order valence-electron chi connectivity index (χ4n) is 3.64. The second kappa shape index (κ2) is 9.05. The van der Waals surface area contributed by atoms with Crippen LogP contribution in [0.3, 0.4) is 0 Å². The highest BCUT2D eigenvalue weighted by atomic mass is 19.4. The van der Waals surface area contributed by atoms with Crippen molar-refractivity contribution in [1.29, 1.82) is 0 Å². The molecule has 0 atom stereocenters. The van der Waals surface area contributed by atoms with E-state index in [2.05, 4.69) is 20.3 Å². The van der Waals surface area contributed by atoms with Crippen molar-refractivity contribution in [2.75, 3.05) is 5.73 Å². The van der Waals surface area contributed by atoms with Gasteiger partial charge >= 0.3 is 6.18 Å². The lowest BCUT2D eigenvalue weighted by atomic mass is 10.0. The number of benzene rings is 1. The number of nitrogens with two attached hydrogens (primary N) is 1. The van der Waals surface area contributed by atoms with E-state index in [1.54, 1.807) is 18.2 Å². The van der Waals surface area contributed by atoms with E-state index in [0.29, 0.717) is 23.0 Å². The molecule has 1 amide bonds. The number of amides is 1. The minimum absolute atomic E-state index is 0.152. The fraction of sp³-hybridized carbons (Fsp3) is 0.167. The largest absolute Gasteiger partial charge is 0.433 e. The molecule has 4 rings (SSSR count). The number of carbonyl (C=O) groups excluding carboxylic acids is 1. The van der Waals surface area contributed by atoms with Gasteiger partial charge in [-0.15, -0.1) is 0 Å². The molecule has 174 valence electrons. The van der Waals surface area contributed by atoms with Crippen LogP contribution >= 0.6 is 0 Å². The number of nitrogens with one attached hydrogen (secondary N) is 1. The van der Waals surface area contributed by atoms with E-state index in [0.717, 1.165) is 11.8 Å². The Kier molecular flexibility index (Phi) is 6.14. The molecule has 0 aliphatic carbocycles. The normalized spacial score (nSPS) is 11.6. The summed E-state index contributed by atoms with van der Waals surface area (Å²) in [5, 5.41) is 3.15. The van der Waals surface area contributed by atoms with Crippen molar-refractivity contribution in [1.82, 2.24) is 20.3 Å². The monoisotopic (exact) mass is 469 g/mol. The van der Waals surface area contributed by atoms with Crippen molar-refractivity contribution in [2.24, 2.45) is 0 Å². The molecular formula is C24H19F4N5O. The molecule has 10 heteroatoms. The van der Waals surface area contributed by atoms with Gasteiger partial charge in [0.1, 0.15) is 11.6 Å². The molecule has 0 spiro atoms. The summed E-state index contributed by atoms with van der Waals surface area (Å²) < 4.78 is 53.6. The number of nitrogens with zero attached hydrogens (tertiary/aromatic N) is 3. The van der Waals surface area contributed by atoms with Gasteiger partial charge in [-0.3, -0.25) is 14.8 Å². The maximum Gasteiger partial charge on any atom is 0.433 e. The average molecular weight is 469 g/mol. The molecule has 34 heavy (non-hydrogen) atoms. The van der Waals surface area contributed by atoms with Crippen LogP contribution in [0, 0.1) is 12.7 Å². The van der Waals surface area contributed by atoms with Crippen LogP contribution in [0.25, 0.3) is 10.9 Å². The Hall–Kier alpha value is -4.08. The molecule has 6 nitrogen and oxygen atoms in total. The number of hydrogen-bond acceptors (Lipinski definition) is 5. The van der Waals surface area contributed by atoms with E-state index in [1.807, 2.05) is 6.07 Å². The molecule has 0 fully saturated rings. The molecule has 4 aromatic rings. The zero-order valence-electron chi connectivity index (χ0n) is 17.9. The summed E-state index contributed by atoms with van der Waals surface area (Å²) in [4.78, 5) is 24.3. The summed E-state index contributed by atoms with van der Waals surface area (Å²) in [6.45, 7) is 1.11. The van der Waals surface area contributed by atoms with Gasteiger partial charge in [-0.2, -0.15) is 13.2 Å². The van der Waals surface area contributed by atoms with Gasteiger partial charge in [0.25, 0.3) is 5.91 Å². The highest BCUT2D eigenvalue weighted by Crippen LogP contribution is 2.32. The quantitative estimate of drug-likeness (QED) is 0.417. The van der Waals surface area contributed by atoms with Crippen molar-refractivity contribution >= 4 is 22.6 Å². The van der Waals surface area contributed by atoms with E-state index >= 15 is 0 Å². The van der Waals surface area contributed by atoms with E-state index < -0.39 is 23.6 Å². The number of aromatic nitrogens is 3. The number of halogens is 4. The van der Waals surface area contributed by atoms with Gasteiger partial charge in [0.05, 0.1) is 11.7 Å². The molecule has 3 heterocycles. The number of rotatable bonds is 5. The van der Waals surface area contributed by atoms with Gasteiger partial charge in [0.2, 0.25) is 0 Å². The molecule has 0 aliphatic heterocycles. The highest BCUT2D eigenvalue weighted by Gasteiger charge is 2.36. The lowest BCUT2D eigenvalue weighted by Gasteiger charge is -2.16. The van der Waals surface area contributed by atoms with Gasteiger partial charge in [-0.05, 0) is 54.4 Å².